The molecule has 0 aliphatic heterocycles. The molecular formula is C19H18ClN5O. The Morgan fingerprint density at radius 2 is 2.00 bits per heavy atom. The molecule has 26 heavy (non-hydrogen) atoms. The van der Waals surface area contributed by atoms with E-state index >= 15 is 0 Å². The molecule has 2 N–H and O–H groups in total. The number of rotatable bonds is 5. The highest BCUT2D eigenvalue weighted by molar-refractivity contribution is 6.29. The average Bonchev–Trinajstić information content (AvgIpc) is 2.62. The van der Waals surface area contributed by atoms with Gasteiger partial charge >= 0.3 is 0 Å². The summed E-state index contributed by atoms with van der Waals surface area (Å²) in [5, 5.41) is 6.46. The SMILES string of the molecule is Cc1ccc(C(=O)Nc2cccc([C@H](C)Nc3cncc(Cl)n3)c2)cn1. The lowest BCUT2D eigenvalue weighted by molar-refractivity contribution is 0.102. The zero-order valence-corrected chi connectivity index (χ0v) is 15.2. The Kier molecular flexibility index (Phi) is 5.43. The fourth-order valence-corrected chi connectivity index (χ4v) is 2.56. The lowest BCUT2D eigenvalue weighted by atomic mass is 10.1. The Hall–Kier alpha value is -2.99. The van der Waals surface area contributed by atoms with E-state index in [1.807, 2.05) is 44.2 Å². The van der Waals surface area contributed by atoms with Crippen LogP contribution in [0.15, 0.2) is 55.0 Å². The van der Waals surface area contributed by atoms with Crippen LogP contribution in [-0.2, 0) is 0 Å². The van der Waals surface area contributed by atoms with Crippen LogP contribution in [0.5, 0.6) is 0 Å². The maximum absolute atomic E-state index is 12.3. The Labute approximate surface area is 156 Å². The minimum atomic E-state index is -0.198. The zero-order chi connectivity index (χ0) is 18.5. The van der Waals surface area contributed by atoms with Crippen LogP contribution < -0.4 is 10.6 Å². The van der Waals surface area contributed by atoms with Crippen LogP contribution in [0.3, 0.4) is 0 Å². The summed E-state index contributed by atoms with van der Waals surface area (Å²) in [6.07, 6.45) is 4.66. The fourth-order valence-electron chi connectivity index (χ4n) is 2.41. The fraction of sp³-hybridized carbons (Fsp3) is 0.158. The molecule has 0 saturated heterocycles. The van der Waals surface area contributed by atoms with Crippen LogP contribution in [0.25, 0.3) is 0 Å². The molecule has 2 heterocycles. The number of nitrogens with one attached hydrogen (secondary N) is 2. The van der Waals surface area contributed by atoms with Gasteiger partial charge in [0, 0.05) is 17.6 Å². The van der Waals surface area contributed by atoms with Gasteiger partial charge in [-0.05, 0) is 43.7 Å². The zero-order valence-electron chi connectivity index (χ0n) is 14.4. The first-order valence-electron chi connectivity index (χ1n) is 8.09. The van der Waals surface area contributed by atoms with Crippen LogP contribution in [-0.4, -0.2) is 20.9 Å². The van der Waals surface area contributed by atoms with Crippen LogP contribution in [0.1, 0.15) is 34.6 Å². The molecule has 0 unspecified atom stereocenters. The highest BCUT2D eigenvalue weighted by Gasteiger charge is 2.10. The van der Waals surface area contributed by atoms with E-state index in [2.05, 4.69) is 25.6 Å². The van der Waals surface area contributed by atoms with E-state index < -0.39 is 0 Å². The molecule has 0 aliphatic rings. The van der Waals surface area contributed by atoms with Crippen LogP contribution in [0.4, 0.5) is 11.5 Å². The second kappa shape index (κ2) is 7.93. The lowest BCUT2D eigenvalue weighted by Gasteiger charge is -2.16. The van der Waals surface area contributed by atoms with Crippen molar-refractivity contribution in [1.82, 2.24) is 15.0 Å². The number of hydrogen-bond donors (Lipinski definition) is 2. The van der Waals surface area contributed by atoms with E-state index in [0.717, 1.165) is 11.3 Å². The number of benzene rings is 1. The number of carbonyl (C=O) groups excluding carboxylic acids is 1. The summed E-state index contributed by atoms with van der Waals surface area (Å²) in [7, 11) is 0. The van der Waals surface area contributed by atoms with Gasteiger partial charge in [-0.15, -0.1) is 0 Å². The Morgan fingerprint density at radius 1 is 1.15 bits per heavy atom. The number of aryl methyl sites for hydroxylation is 1. The number of aromatic nitrogens is 3. The van der Waals surface area contributed by atoms with Crippen LogP contribution in [0, 0.1) is 6.92 Å². The lowest BCUT2D eigenvalue weighted by Crippen LogP contribution is -2.13. The van der Waals surface area contributed by atoms with Gasteiger partial charge in [-0.2, -0.15) is 0 Å². The molecule has 1 amide bonds. The molecule has 0 fully saturated rings. The summed E-state index contributed by atoms with van der Waals surface area (Å²) in [5.74, 6) is 0.390. The van der Waals surface area contributed by atoms with E-state index in [-0.39, 0.29) is 11.9 Å². The van der Waals surface area contributed by atoms with Crippen molar-refractivity contribution in [2.75, 3.05) is 10.6 Å². The number of hydrogen-bond acceptors (Lipinski definition) is 5. The molecule has 0 saturated carbocycles. The molecule has 3 rings (SSSR count). The first-order chi connectivity index (χ1) is 12.5. The van der Waals surface area contributed by atoms with Gasteiger partial charge in [0.1, 0.15) is 11.0 Å². The molecule has 0 bridgehead atoms. The number of halogens is 1. The van der Waals surface area contributed by atoms with Gasteiger partial charge in [0.2, 0.25) is 0 Å². The van der Waals surface area contributed by atoms with E-state index in [1.54, 1.807) is 18.5 Å². The molecule has 0 radical (unpaired) electrons. The van der Waals surface area contributed by atoms with Crippen molar-refractivity contribution in [3.8, 4) is 0 Å². The number of carbonyl (C=O) groups is 1. The number of nitrogens with zero attached hydrogens (tertiary/aromatic N) is 3. The number of pyridine rings is 1. The van der Waals surface area contributed by atoms with Gasteiger partial charge < -0.3 is 10.6 Å². The second-order valence-corrected chi connectivity index (χ2v) is 6.25. The third-order valence-electron chi connectivity index (χ3n) is 3.79. The minimum absolute atomic E-state index is 0.0411. The van der Waals surface area contributed by atoms with Crippen molar-refractivity contribution in [3.63, 3.8) is 0 Å². The van der Waals surface area contributed by atoms with E-state index in [0.29, 0.717) is 22.2 Å². The second-order valence-electron chi connectivity index (χ2n) is 5.86. The third-order valence-corrected chi connectivity index (χ3v) is 3.97. The summed E-state index contributed by atoms with van der Waals surface area (Å²) in [5.41, 5.74) is 3.08. The predicted molar refractivity (Wildman–Crippen MR) is 102 cm³/mol. The monoisotopic (exact) mass is 367 g/mol. The van der Waals surface area contributed by atoms with Crippen molar-refractivity contribution < 1.29 is 4.79 Å². The van der Waals surface area contributed by atoms with Crippen LogP contribution in [0.2, 0.25) is 5.15 Å². The Balaban J connectivity index is 1.71. The summed E-state index contributed by atoms with van der Waals surface area (Å²) in [6.45, 7) is 3.87. The largest absolute Gasteiger partial charge is 0.362 e. The molecule has 3 aromatic rings. The van der Waals surface area contributed by atoms with Gasteiger partial charge in [0.15, 0.2) is 0 Å². The van der Waals surface area contributed by atoms with Crippen molar-refractivity contribution in [3.05, 3.63) is 77.0 Å². The van der Waals surface area contributed by atoms with Gasteiger partial charge in [0.25, 0.3) is 5.91 Å². The molecule has 1 atom stereocenters. The number of amides is 1. The molecule has 6 nitrogen and oxygen atoms in total. The van der Waals surface area contributed by atoms with Crippen molar-refractivity contribution in [1.29, 1.82) is 0 Å². The quantitative estimate of drug-likeness (QED) is 0.704. The Morgan fingerprint density at radius 3 is 2.73 bits per heavy atom. The first-order valence-corrected chi connectivity index (χ1v) is 8.47. The summed E-state index contributed by atoms with van der Waals surface area (Å²) in [4.78, 5) is 24.7. The van der Waals surface area contributed by atoms with E-state index in [9.17, 15) is 4.79 Å². The van der Waals surface area contributed by atoms with E-state index in [4.69, 9.17) is 11.6 Å². The normalized spacial score (nSPS) is 11.7. The van der Waals surface area contributed by atoms with Gasteiger partial charge in [-0.25, -0.2) is 4.98 Å². The van der Waals surface area contributed by atoms with Crippen molar-refractivity contribution >= 4 is 29.0 Å². The van der Waals surface area contributed by atoms with Crippen LogP contribution >= 0.6 is 11.6 Å². The maximum Gasteiger partial charge on any atom is 0.257 e. The standard InChI is InChI=1S/C19H18ClN5O/c1-12-6-7-15(9-22-12)19(26)24-16-5-3-4-14(8-16)13(2)23-18-11-21-10-17(20)25-18/h3-11,13H,1-2H3,(H,23,25)(H,24,26)/t13-/m0/s1. The summed E-state index contributed by atoms with van der Waals surface area (Å²) in [6, 6.07) is 11.1. The molecule has 0 aliphatic carbocycles. The summed E-state index contributed by atoms with van der Waals surface area (Å²) >= 11 is 5.86. The van der Waals surface area contributed by atoms with Gasteiger partial charge in [-0.3, -0.25) is 14.8 Å². The predicted octanol–water partition coefficient (Wildman–Crippen LogP) is 4.26. The third kappa shape index (κ3) is 4.55. The summed E-state index contributed by atoms with van der Waals surface area (Å²) < 4.78 is 0. The first kappa shape index (κ1) is 17.8. The van der Waals surface area contributed by atoms with Gasteiger partial charge in [0.05, 0.1) is 24.0 Å². The molecule has 1 aromatic carbocycles. The molecule has 0 spiro atoms. The molecular weight excluding hydrogens is 350 g/mol. The smallest absolute Gasteiger partial charge is 0.257 e. The van der Waals surface area contributed by atoms with Gasteiger partial charge in [-0.1, -0.05) is 23.7 Å². The highest BCUT2D eigenvalue weighted by Crippen LogP contribution is 2.21. The Bertz CT molecular complexity index is 914. The van der Waals surface area contributed by atoms with Crippen molar-refractivity contribution in [2.24, 2.45) is 0 Å². The maximum atomic E-state index is 12.3. The average molecular weight is 368 g/mol. The molecule has 132 valence electrons. The molecule has 2 aromatic heterocycles. The molecule has 7 heteroatoms. The van der Waals surface area contributed by atoms with E-state index in [1.165, 1.54) is 6.20 Å². The topological polar surface area (TPSA) is 79.8 Å². The highest BCUT2D eigenvalue weighted by atomic mass is 35.5. The van der Waals surface area contributed by atoms with Crippen molar-refractivity contribution in [2.45, 2.75) is 19.9 Å². The minimum Gasteiger partial charge on any atom is -0.362 e. The number of anilines is 2.